The lowest BCUT2D eigenvalue weighted by atomic mass is 10.1. The molecule has 1 rings (SSSR count). The number of nitrogens with zero attached hydrogens (tertiary/aromatic N) is 1. The topological polar surface area (TPSA) is 48.4 Å². The Morgan fingerprint density at radius 3 is 2.45 bits per heavy atom. The summed E-state index contributed by atoms with van der Waals surface area (Å²) in [5.41, 5.74) is -2.37. The minimum atomic E-state index is -5.28. The highest BCUT2D eigenvalue weighted by atomic mass is 35.5. The lowest BCUT2D eigenvalue weighted by Crippen LogP contribution is -2.22. The van der Waals surface area contributed by atoms with E-state index in [1.54, 1.807) is 0 Å². The summed E-state index contributed by atoms with van der Waals surface area (Å²) in [5, 5.41) is 0. The first-order chi connectivity index (χ1) is 9.21. The summed E-state index contributed by atoms with van der Waals surface area (Å²) >= 11 is 5.44. The zero-order valence-corrected chi connectivity index (χ0v) is 10.6. The van der Waals surface area contributed by atoms with Gasteiger partial charge in [-0.2, -0.15) is 0 Å². The molecular formula is C10H7ClF5NO3. The van der Waals surface area contributed by atoms with E-state index >= 15 is 0 Å². The normalized spacial score (nSPS) is 11.6. The Morgan fingerprint density at radius 2 is 2.05 bits per heavy atom. The lowest BCUT2D eigenvalue weighted by Gasteiger charge is -2.17. The highest BCUT2D eigenvalue weighted by Crippen LogP contribution is 2.36. The zero-order valence-electron chi connectivity index (χ0n) is 9.80. The number of carbonyl (C=O) groups excluding carboxylic acids is 1. The summed E-state index contributed by atoms with van der Waals surface area (Å²) in [7, 11) is 0.875. The van der Waals surface area contributed by atoms with Gasteiger partial charge in [-0.05, 0) is 0 Å². The predicted octanol–water partition coefficient (Wildman–Crippen LogP) is 3.44. The van der Waals surface area contributed by atoms with Gasteiger partial charge in [0.05, 0.1) is 7.11 Å². The number of hydrogen-bond donors (Lipinski definition) is 0. The Bertz CT molecular complexity index is 506. The molecule has 112 valence electrons. The van der Waals surface area contributed by atoms with Gasteiger partial charge in [0.2, 0.25) is 0 Å². The molecule has 0 aliphatic heterocycles. The molecule has 0 fully saturated rings. The molecule has 20 heavy (non-hydrogen) atoms. The van der Waals surface area contributed by atoms with Crippen molar-refractivity contribution in [2.24, 2.45) is 0 Å². The third-order valence-corrected chi connectivity index (χ3v) is 2.39. The van der Waals surface area contributed by atoms with Gasteiger partial charge >= 0.3 is 12.3 Å². The van der Waals surface area contributed by atoms with Crippen molar-refractivity contribution in [3.05, 3.63) is 23.0 Å². The second-order valence-electron chi connectivity index (χ2n) is 3.35. The molecule has 0 saturated heterocycles. The van der Waals surface area contributed by atoms with Gasteiger partial charge in [-0.15, -0.1) is 24.8 Å². The number of esters is 1. The van der Waals surface area contributed by atoms with Crippen LogP contribution in [0.5, 0.6) is 5.75 Å². The van der Waals surface area contributed by atoms with Gasteiger partial charge in [0.15, 0.2) is 5.75 Å². The quantitative estimate of drug-likeness (QED) is 0.484. The minimum Gasteiger partial charge on any atom is -0.465 e. The monoisotopic (exact) mass is 319 g/mol. The molecule has 0 saturated carbocycles. The van der Waals surface area contributed by atoms with Crippen molar-refractivity contribution in [2.45, 2.75) is 18.7 Å². The number of carbonyl (C=O) groups is 1. The summed E-state index contributed by atoms with van der Waals surface area (Å²) in [6.45, 7) is 0. The van der Waals surface area contributed by atoms with Gasteiger partial charge < -0.3 is 9.47 Å². The summed E-state index contributed by atoms with van der Waals surface area (Å²) in [4.78, 5) is 14.6. The van der Waals surface area contributed by atoms with E-state index in [0.29, 0.717) is 0 Å². The standard InChI is InChI=1S/C10H7ClF5NO3/c1-19-9(18)5-4(2-11)3-17-6(8(12)13)7(5)20-10(14,15)16/h3,8H,2H2,1H3. The highest BCUT2D eigenvalue weighted by molar-refractivity contribution is 6.17. The van der Waals surface area contributed by atoms with E-state index in [9.17, 15) is 26.7 Å². The first-order valence-corrected chi connectivity index (χ1v) is 5.44. The summed E-state index contributed by atoms with van der Waals surface area (Å²) in [6.07, 6.45) is -7.89. The van der Waals surface area contributed by atoms with E-state index in [1.807, 2.05) is 0 Å². The van der Waals surface area contributed by atoms with Crippen LogP contribution in [0.1, 0.15) is 28.0 Å². The smallest absolute Gasteiger partial charge is 0.465 e. The van der Waals surface area contributed by atoms with Crippen LogP contribution in [-0.2, 0) is 10.6 Å². The Hall–Kier alpha value is -1.64. The first kappa shape index (κ1) is 16.4. The molecule has 4 nitrogen and oxygen atoms in total. The van der Waals surface area contributed by atoms with Crippen LogP contribution in [0.4, 0.5) is 22.0 Å². The molecule has 0 aliphatic carbocycles. The number of ether oxygens (including phenoxy) is 2. The van der Waals surface area contributed by atoms with E-state index in [1.165, 1.54) is 0 Å². The molecule has 0 unspecified atom stereocenters. The van der Waals surface area contributed by atoms with Crippen LogP contribution in [0.25, 0.3) is 0 Å². The average molecular weight is 320 g/mol. The fourth-order valence-electron chi connectivity index (χ4n) is 1.35. The SMILES string of the molecule is COC(=O)c1c(CCl)cnc(C(F)F)c1OC(F)(F)F. The molecular weight excluding hydrogens is 313 g/mol. The van der Waals surface area contributed by atoms with Gasteiger partial charge in [0.25, 0.3) is 6.43 Å². The maximum absolute atomic E-state index is 12.7. The van der Waals surface area contributed by atoms with Crippen molar-refractivity contribution in [1.29, 1.82) is 0 Å². The third kappa shape index (κ3) is 3.69. The van der Waals surface area contributed by atoms with Crippen molar-refractivity contribution in [2.75, 3.05) is 7.11 Å². The maximum atomic E-state index is 12.7. The number of halogens is 6. The highest BCUT2D eigenvalue weighted by Gasteiger charge is 2.37. The van der Waals surface area contributed by atoms with Crippen molar-refractivity contribution < 1.29 is 36.2 Å². The number of rotatable bonds is 4. The largest absolute Gasteiger partial charge is 0.573 e. The number of aromatic nitrogens is 1. The van der Waals surface area contributed by atoms with E-state index in [0.717, 1.165) is 13.3 Å². The van der Waals surface area contributed by atoms with Crippen molar-refractivity contribution >= 4 is 17.6 Å². The molecule has 1 aromatic heterocycles. The molecule has 0 aromatic carbocycles. The number of hydrogen-bond acceptors (Lipinski definition) is 4. The Balaban J connectivity index is 3.56. The maximum Gasteiger partial charge on any atom is 0.573 e. The molecule has 0 radical (unpaired) electrons. The van der Waals surface area contributed by atoms with Crippen LogP contribution in [0.15, 0.2) is 6.20 Å². The van der Waals surface area contributed by atoms with Crippen LogP contribution in [-0.4, -0.2) is 24.4 Å². The van der Waals surface area contributed by atoms with E-state index in [-0.39, 0.29) is 5.56 Å². The molecule has 0 amide bonds. The fraction of sp³-hybridized carbons (Fsp3) is 0.400. The molecule has 0 N–H and O–H groups in total. The average Bonchev–Trinajstić information content (AvgIpc) is 2.34. The Morgan fingerprint density at radius 1 is 1.45 bits per heavy atom. The molecule has 10 heteroatoms. The molecule has 0 aliphatic rings. The van der Waals surface area contributed by atoms with Crippen molar-refractivity contribution in [1.82, 2.24) is 4.98 Å². The minimum absolute atomic E-state index is 0.220. The van der Waals surface area contributed by atoms with Gasteiger partial charge in [-0.1, -0.05) is 0 Å². The van der Waals surface area contributed by atoms with Gasteiger partial charge in [0.1, 0.15) is 11.3 Å². The van der Waals surface area contributed by atoms with Crippen LogP contribution in [0.2, 0.25) is 0 Å². The van der Waals surface area contributed by atoms with Gasteiger partial charge in [-0.3, -0.25) is 4.98 Å². The fourth-order valence-corrected chi connectivity index (χ4v) is 1.55. The van der Waals surface area contributed by atoms with Crippen LogP contribution < -0.4 is 4.74 Å². The molecule has 1 aromatic rings. The number of alkyl halides is 6. The van der Waals surface area contributed by atoms with E-state index < -0.39 is 41.6 Å². The number of methoxy groups -OCH3 is 1. The van der Waals surface area contributed by atoms with Crippen molar-refractivity contribution in [3.8, 4) is 5.75 Å². The molecule has 0 spiro atoms. The third-order valence-electron chi connectivity index (χ3n) is 2.10. The van der Waals surface area contributed by atoms with Gasteiger partial charge in [-0.25, -0.2) is 13.6 Å². The molecule has 0 bridgehead atoms. The van der Waals surface area contributed by atoms with Crippen molar-refractivity contribution in [3.63, 3.8) is 0 Å². The second-order valence-corrected chi connectivity index (χ2v) is 3.61. The van der Waals surface area contributed by atoms with E-state index in [4.69, 9.17) is 11.6 Å². The van der Waals surface area contributed by atoms with E-state index in [2.05, 4.69) is 14.5 Å². The number of pyridine rings is 1. The van der Waals surface area contributed by atoms with Crippen LogP contribution in [0.3, 0.4) is 0 Å². The zero-order chi connectivity index (χ0) is 15.5. The molecule has 0 atom stereocenters. The summed E-state index contributed by atoms with van der Waals surface area (Å²) in [5.74, 6) is -3.13. The first-order valence-electron chi connectivity index (χ1n) is 4.91. The Kier molecular flexibility index (Phi) is 5.09. The van der Waals surface area contributed by atoms with Crippen LogP contribution >= 0.6 is 11.6 Å². The van der Waals surface area contributed by atoms with Crippen LogP contribution in [0, 0.1) is 0 Å². The molecule has 1 heterocycles. The van der Waals surface area contributed by atoms with Gasteiger partial charge in [0, 0.05) is 17.6 Å². The lowest BCUT2D eigenvalue weighted by molar-refractivity contribution is -0.275. The second kappa shape index (κ2) is 6.21. The predicted molar refractivity (Wildman–Crippen MR) is 56.8 cm³/mol. The summed E-state index contributed by atoms with van der Waals surface area (Å²) in [6, 6.07) is 0. The summed E-state index contributed by atoms with van der Waals surface area (Å²) < 4.78 is 70.0. The Labute approximate surface area is 114 Å².